The lowest BCUT2D eigenvalue weighted by molar-refractivity contribution is -0.127. The van der Waals surface area contributed by atoms with E-state index < -0.39 is 0 Å². The summed E-state index contributed by atoms with van der Waals surface area (Å²) < 4.78 is 0. The van der Waals surface area contributed by atoms with Crippen LogP contribution in [0, 0.1) is 0 Å². The van der Waals surface area contributed by atoms with E-state index in [0.717, 1.165) is 29.6 Å². The van der Waals surface area contributed by atoms with E-state index in [4.69, 9.17) is 0 Å². The van der Waals surface area contributed by atoms with E-state index in [1.54, 1.807) is 12.3 Å². The Bertz CT molecular complexity index is 695. The molecule has 114 valence electrons. The number of benzene rings is 1. The average Bonchev–Trinajstić information content (AvgIpc) is 2.51. The van der Waals surface area contributed by atoms with Gasteiger partial charge in [0.05, 0.1) is 5.52 Å². The first kappa shape index (κ1) is 14.7. The molecule has 1 aliphatic heterocycles. The molecule has 1 N–H and O–H groups in total. The van der Waals surface area contributed by atoms with Gasteiger partial charge in [0.1, 0.15) is 0 Å². The molecule has 2 atom stereocenters. The van der Waals surface area contributed by atoms with Crippen molar-refractivity contribution in [3.63, 3.8) is 0 Å². The maximum atomic E-state index is 12.4. The van der Waals surface area contributed by atoms with Crippen LogP contribution in [0.15, 0.2) is 42.6 Å². The largest absolute Gasteiger partial charge is 0.336 e. The molecular formula is C18H21N3O. The summed E-state index contributed by atoms with van der Waals surface area (Å²) in [7, 11) is 0. The molecule has 0 spiro atoms. The van der Waals surface area contributed by atoms with Gasteiger partial charge >= 0.3 is 0 Å². The zero-order valence-corrected chi connectivity index (χ0v) is 13.0. The summed E-state index contributed by atoms with van der Waals surface area (Å²) >= 11 is 0. The number of hydrogen-bond donors (Lipinski definition) is 1. The SMILES string of the molecule is CC1CN(C(=O)C=Cc2ccnc3ccccc23)CC(C)N1. The zero-order chi connectivity index (χ0) is 15.5. The van der Waals surface area contributed by atoms with Crippen molar-refractivity contribution in [3.05, 3.63) is 48.2 Å². The molecule has 0 radical (unpaired) electrons. The smallest absolute Gasteiger partial charge is 0.246 e. The van der Waals surface area contributed by atoms with Gasteiger partial charge in [-0.2, -0.15) is 0 Å². The molecule has 4 nitrogen and oxygen atoms in total. The number of nitrogens with zero attached hydrogens (tertiary/aromatic N) is 2. The van der Waals surface area contributed by atoms with Crippen molar-refractivity contribution in [2.45, 2.75) is 25.9 Å². The third kappa shape index (κ3) is 3.17. The summed E-state index contributed by atoms with van der Waals surface area (Å²) in [4.78, 5) is 18.6. The molecule has 1 aliphatic rings. The van der Waals surface area contributed by atoms with Gasteiger partial charge < -0.3 is 10.2 Å². The van der Waals surface area contributed by atoms with Gasteiger partial charge in [-0.05, 0) is 37.6 Å². The maximum Gasteiger partial charge on any atom is 0.246 e. The summed E-state index contributed by atoms with van der Waals surface area (Å²) in [5.74, 6) is 0.0705. The van der Waals surface area contributed by atoms with Gasteiger partial charge in [0, 0.05) is 42.8 Å². The Hall–Kier alpha value is -2.20. The highest BCUT2D eigenvalue weighted by molar-refractivity contribution is 5.95. The fourth-order valence-corrected chi connectivity index (χ4v) is 3.04. The maximum absolute atomic E-state index is 12.4. The van der Waals surface area contributed by atoms with Gasteiger partial charge in [-0.3, -0.25) is 9.78 Å². The van der Waals surface area contributed by atoms with Crippen molar-refractivity contribution in [2.24, 2.45) is 0 Å². The Morgan fingerprint density at radius 2 is 1.95 bits per heavy atom. The highest BCUT2D eigenvalue weighted by Gasteiger charge is 2.23. The molecule has 2 aromatic rings. The van der Waals surface area contributed by atoms with Crippen LogP contribution >= 0.6 is 0 Å². The predicted octanol–water partition coefficient (Wildman–Crippen LogP) is 2.46. The number of rotatable bonds is 2. The summed E-state index contributed by atoms with van der Waals surface area (Å²) in [6, 6.07) is 10.6. The number of aromatic nitrogens is 1. The monoisotopic (exact) mass is 295 g/mol. The van der Waals surface area contributed by atoms with Crippen LogP contribution in [-0.4, -0.2) is 41.0 Å². The van der Waals surface area contributed by atoms with Crippen molar-refractivity contribution in [1.82, 2.24) is 15.2 Å². The van der Waals surface area contributed by atoms with E-state index in [2.05, 4.69) is 24.1 Å². The van der Waals surface area contributed by atoms with Crippen LogP contribution in [0.1, 0.15) is 19.4 Å². The summed E-state index contributed by atoms with van der Waals surface area (Å²) in [5.41, 5.74) is 1.97. The van der Waals surface area contributed by atoms with Gasteiger partial charge in [0.2, 0.25) is 5.91 Å². The normalized spacial score (nSPS) is 22.4. The number of pyridine rings is 1. The Kier molecular flexibility index (Phi) is 4.20. The number of hydrogen-bond acceptors (Lipinski definition) is 3. The molecule has 22 heavy (non-hydrogen) atoms. The quantitative estimate of drug-likeness (QED) is 0.866. The van der Waals surface area contributed by atoms with Crippen molar-refractivity contribution in [2.75, 3.05) is 13.1 Å². The number of nitrogens with one attached hydrogen (secondary N) is 1. The summed E-state index contributed by atoms with van der Waals surface area (Å²) in [6.07, 6.45) is 5.34. The number of piperazine rings is 1. The lowest BCUT2D eigenvalue weighted by Gasteiger charge is -2.35. The van der Waals surface area contributed by atoms with Gasteiger partial charge in [-0.15, -0.1) is 0 Å². The van der Waals surface area contributed by atoms with Gasteiger partial charge in [0.25, 0.3) is 0 Å². The second-order valence-electron chi connectivity index (χ2n) is 5.96. The number of para-hydroxylation sites is 1. The minimum absolute atomic E-state index is 0.0705. The van der Waals surface area contributed by atoms with E-state index in [1.807, 2.05) is 41.3 Å². The number of amides is 1. The average molecular weight is 295 g/mol. The number of carbonyl (C=O) groups excluding carboxylic acids is 1. The first-order valence-electron chi connectivity index (χ1n) is 7.70. The highest BCUT2D eigenvalue weighted by atomic mass is 16.2. The molecule has 3 rings (SSSR count). The number of fused-ring (bicyclic) bond motifs is 1. The zero-order valence-electron chi connectivity index (χ0n) is 13.0. The molecule has 2 unspecified atom stereocenters. The summed E-state index contributed by atoms with van der Waals surface area (Å²) in [5, 5.41) is 4.50. The van der Waals surface area contributed by atoms with Crippen molar-refractivity contribution in [3.8, 4) is 0 Å². The molecule has 0 saturated carbocycles. The van der Waals surface area contributed by atoms with Crippen molar-refractivity contribution in [1.29, 1.82) is 0 Å². The van der Waals surface area contributed by atoms with Crippen LogP contribution < -0.4 is 5.32 Å². The van der Waals surface area contributed by atoms with Crippen LogP contribution in [-0.2, 0) is 4.79 Å². The lowest BCUT2D eigenvalue weighted by Crippen LogP contribution is -2.55. The van der Waals surface area contributed by atoms with Gasteiger partial charge in [0.15, 0.2) is 0 Å². The second-order valence-corrected chi connectivity index (χ2v) is 5.96. The van der Waals surface area contributed by atoms with Crippen LogP contribution in [0.4, 0.5) is 0 Å². The van der Waals surface area contributed by atoms with Crippen molar-refractivity contribution < 1.29 is 4.79 Å². The van der Waals surface area contributed by atoms with E-state index in [0.29, 0.717) is 12.1 Å². The second kappa shape index (κ2) is 6.28. The first-order valence-corrected chi connectivity index (χ1v) is 7.70. The molecule has 1 amide bonds. The topological polar surface area (TPSA) is 45.2 Å². The van der Waals surface area contributed by atoms with E-state index in [1.165, 1.54) is 0 Å². The third-order valence-electron chi connectivity index (χ3n) is 3.96. The Morgan fingerprint density at radius 1 is 1.23 bits per heavy atom. The van der Waals surface area contributed by atoms with E-state index in [-0.39, 0.29) is 5.91 Å². The molecule has 2 heterocycles. The number of carbonyl (C=O) groups is 1. The Balaban J connectivity index is 1.79. The third-order valence-corrected chi connectivity index (χ3v) is 3.96. The highest BCUT2D eigenvalue weighted by Crippen LogP contribution is 2.17. The molecule has 1 aromatic carbocycles. The first-order chi connectivity index (χ1) is 10.6. The Labute approximate surface area is 130 Å². The Morgan fingerprint density at radius 3 is 2.73 bits per heavy atom. The molecule has 0 aliphatic carbocycles. The molecular weight excluding hydrogens is 274 g/mol. The molecule has 1 aromatic heterocycles. The molecule has 1 fully saturated rings. The van der Waals surface area contributed by atoms with Gasteiger partial charge in [-0.25, -0.2) is 0 Å². The standard InChI is InChI=1S/C18H21N3O/c1-13-11-21(12-14(2)20-13)18(22)8-7-15-9-10-19-17-6-4-3-5-16(15)17/h3-10,13-14,20H,11-12H2,1-2H3. The van der Waals surface area contributed by atoms with E-state index >= 15 is 0 Å². The summed E-state index contributed by atoms with van der Waals surface area (Å²) in [6.45, 7) is 5.72. The van der Waals surface area contributed by atoms with Crippen molar-refractivity contribution >= 4 is 22.9 Å². The minimum atomic E-state index is 0.0705. The fourth-order valence-electron chi connectivity index (χ4n) is 3.04. The molecule has 4 heteroatoms. The van der Waals surface area contributed by atoms with Gasteiger partial charge in [-0.1, -0.05) is 18.2 Å². The van der Waals surface area contributed by atoms with Crippen LogP contribution in [0.2, 0.25) is 0 Å². The van der Waals surface area contributed by atoms with E-state index in [9.17, 15) is 4.79 Å². The predicted molar refractivity (Wildman–Crippen MR) is 89.4 cm³/mol. The molecule has 0 bridgehead atoms. The molecule has 1 saturated heterocycles. The van der Waals surface area contributed by atoms with Crippen LogP contribution in [0.5, 0.6) is 0 Å². The fraction of sp³-hybridized carbons (Fsp3) is 0.333. The van der Waals surface area contributed by atoms with Crippen LogP contribution in [0.25, 0.3) is 17.0 Å². The minimum Gasteiger partial charge on any atom is -0.336 e. The van der Waals surface area contributed by atoms with Crippen LogP contribution in [0.3, 0.4) is 0 Å². The lowest BCUT2D eigenvalue weighted by atomic mass is 10.1.